The molecule has 1 saturated carbocycles. The summed E-state index contributed by atoms with van der Waals surface area (Å²) in [4.78, 5) is 17.5. The van der Waals surface area contributed by atoms with Gasteiger partial charge < -0.3 is 25.4 Å². The number of nitrogens with two attached hydrogens (primary N) is 1. The third-order valence-electron chi connectivity index (χ3n) is 7.51. The molecule has 0 spiro atoms. The normalized spacial score (nSPS) is 32.4. The fourth-order valence-corrected chi connectivity index (χ4v) is 5.75. The van der Waals surface area contributed by atoms with Crippen LogP contribution < -0.4 is 11.1 Å². The highest BCUT2D eigenvalue weighted by atomic mass is 16.5. The Balaban J connectivity index is 1.28. The number of nitrogens with zero attached hydrogens (tertiary/aromatic N) is 2. The molecule has 0 aromatic rings. The van der Waals surface area contributed by atoms with E-state index in [2.05, 4.69) is 10.2 Å². The number of nitrogens with one attached hydrogen (secondary N) is 1. The average Bonchev–Trinajstić information content (AvgIpc) is 3.19. The summed E-state index contributed by atoms with van der Waals surface area (Å²) in [6, 6.07) is 0.276. The first kappa shape index (κ1) is 20.4. The Morgan fingerprint density at radius 2 is 1.71 bits per heavy atom. The highest BCUT2D eigenvalue weighted by molar-refractivity contribution is 5.74. The molecule has 1 aliphatic carbocycles. The molecule has 2 atom stereocenters. The maximum atomic E-state index is 12.9. The van der Waals surface area contributed by atoms with Crippen LogP contribution in [0.5, 0.6) is 0 Å². The van der Waals surface area contributed by atoms with Crippen molar-refractivity contribution in [1.82, 2.24) is 15.1 Å². The molecule has 7 nitrogen and oxygen atoms in total. The van der Waals surface area contributed by atoms with E-state index in [1.807, 2.05) is 4.90 Å². The van der Waals surface area contributed by atoms with E-state index in [9.17, 15) is 4.79 Å². The lowest BCUT2D eigenvalue weighted by molar-refractivity contribution is -0.0362. The van der Waals surface area contributed by atoms with E-state index in [-0.39, 0.29) is 23.7 Å². The summed E-state index contributed by atoms with van der Waals surface area (Å²) >= 11 is 0. The van der Waals surface area contributed by atoms with Crippen molar-refractivity contribution < 1.29 is 14.3 Å². The number of hydrogen-bond acceptors (Lipinski definition) is 5. The van der Waals surface area contributed by atoms with Crippen molar-refractivity contribution in [2.75, 3.05) is 52.5 Å². The van der Waals surface area contributed by atoms with Crippen molar-refractivity contribution >= 4 is 6.03 Å². The number of rotatable bonds is 4. The van der Waals surface area contributed by atoms with Crippen LogP contribution in [0.1, 0.15) is 51.4 Å². The molecule has 2 amide bonds. The molecule has 4 aliphatic rings. The van der Waals surface area contributed by atoms with Crippen molar-refractivity contribution in [2.24, 2.45) is 11.7 Å². The highest BCUT2D eigenvalue weighted by Gasteiger charge is 2.40. The van der Waals surface area contributed by atoms with E-state index < -0.39 is 0 Å². The van der Waals surface area contributed by atoms with E-state index >= 15 is 0 Å². The highest BCUT2D eigenvalue weighted by Crippen LogP contribution is 2.34. The summed E-state index contributed by atoms with van der Waals surface area (Å²) < 4.78 is 11.4. The largest absolute Gasteiger partial charge is 0.379 e. The number of ether oxygens (including phenoxy) is 2. The van der Waals surface area contributed by atoms with Gasteiger partial charge in [0.25, 0.3) is 0 Å². The molecule has 0 aromatic heterocycles. The van der Waals surface area contributed by atoms with Crippen LogP contribution in [0.2, 0.25) is 0 Å². The zero-order valence-electron chi connectivity index (χ0n) is 17.2. The maximum Gasteiger partial charge on any atom is 0.317 e. The second kappa shape index (κ2) is 9.28. The number of carbonyl (C=O) groups excluding carboxylic acids is 1. The Hall–Kier alpha value is -0.890. The van der Waals surface area contributed by atoms with Crippen molar-refractivity contribution in [3.05, 3.63) is 0 Å². The van der Waals surface area contributed by atoms with Gasteiger partial charge in [-0.1, -0.05) is 19.3 Å². The number of likely N-dealkylation sites (tertiary alicyclic amines) is 1. The number of piperidine rings is 1. The quantitative estimate of drug-likeness (QED) is 0.756. The van der Waals surface area contributed by atoms with Gasteiger partial charge >= 0.3 is 6.03 Å². The smallest absolute Gasteiger partial charge is 0.317 e. The Morgan fingerprint density at radius 3 is 2.36 bits per heavy atom. The third kappa shape index (κ3) is 4.48. The molecule has 3 aliphatic heterocycles. The van der Waals surface area contributed by atoms with Crippen LogP contribution in [0.4, 0.5) is 4.79 Å². The second-order valence-electron chi connectivity index (χ2n) is 9.16. The van der Waals surface area contributed by atoms with Gasteiger partial charge in [-0.05, 0) is 38.0 Å². The standard InChI is InChI=1S/C21H38N4O3/c22-18-6-13-28-19(18)17-4-9-24(10-5-17)20(26)23-16-21(7-2-1-3-8-21)25-11-14-27-15-12-25/h17-19H,1-16,22H2,(H,23,26)/t18-,19+/m1/s1. The summed E-state index contributed by atoms with van der Waals surface area (Å²) in [5, 5.41) is 3.30. The first-order valence-corrected chi connectivity index (χ1v) is 11.4. The molecular formula is C21H38N4O3. The van der Waals surface area contributed by atoms with Gasteiger partial charge in [-0.3, -0.25) is 4.90 Å². The van der Waals surface area contributed by atoms with Gasteiger partial charge in [-0.15, -0.1) is 0 Å². The maximum absolute atomic E-state index is 12.9. The van der Waals surface area contributed by atoms with Crippen LogP contribution in [0, 0.1) is 5.92 Å². The predicted molar refractivity (Wildman–Crippen MR) is 108 cm³/mol. The predicted octanol–water partition coefficient (Wildman–Crippen LogP) is 1.56. The van der Waals surface area contributed by atoms with Crippen LogP contribution >= 0.6 is 0 Å². The molecule has 0 bridgehead atoms. The summed E-state index contributed by atoms with van der Waals surface area (Å²) in [5.41, 5.74) is 6.31. The van der Waals surface area contributed by atoms with E-state index in [0.717, 1.165) is 71.8 Å². The SMILES string of the molecule is N[C@@H]1CCO[C@H]1C1CCN(C(=O)NCC2(N3CCOCC3)CCCCC2)CC1. The van der Waals surface area contributed by atoms with Gasteiger partial charge in [0.1, 0.15) is 0 Å². The van der Waals surface area contributed by atoms with E-state index in [1.165, 1.54) is 32.1 Å². The van der Waals surface area contributed by atoms with Crippen molar-refractivity contribution in [2.45, 2.75) is 69.1 Å². The zero-order chi connectivity index (χ0) is 19.4. The molecule has 4 fully saturated rings. The summed E-state index contributed by atoms with van der Waals surface area (Å²) in [6.07, 6.45) is 9.38. The molecule has 0 aromatic carbocycles. The van der Waals surface area contributed by atoms with Crippen LogP contribution in [0.25, 0.3) is 0 Å². The van der Waals surface area contributed by atoms with Crippen LogP contribution in [-0.2, 0) is 9.47 Å². The fraction of sp³-hybridized carbons (Fsp3) is 0.952. The lowest BCUT2D eigenvalue weighted by Gasteiger charge is -2.48. The number of carbonyl (C=O) groups is 1. The topological polar surface area (TPSA) is 80.1 Å². The molecule has 0 unspecified atom stereocenters. The van der Waals surface area contributed by atoms with E-state index in [1.54, 1.807) is 0 Å². The van der Waals surface area contributed by atoms with Crippen molar-refractivity contribution in [3.8, 4) is 0 Å². The third-order valence-corrected chi connectivity index (χ3v) is 7.51. The number of amides is 2. The molecule has 0 radical (unpaired) electrons. The van der Waals surface area contributed by atoms with Gasteiger partial charge in [-0.25, -0.2) is 4.79 Å². The summed E-state index contributed by atoms with van der Waals surface area (Å²) in [5.74, 6) is 0.500. The van der Waals surface area contributed by atoms with Crippen LogP contribution in [-0.4, -0.2) is 86.1 Å². The van der Waals surface area contributed by atoms with Crippen LogP contribution in [0.15, 0.2) is 0 Å². The van der Waals surface area contributed by atoms with Gasteiger partial charge in [0.05, 0.1) is 19.3 Å². The summed E-state index contributed by atoms with van der Waals surface area (Å²) in [7, 11) is 0. The molecule has 28 heavy (non-hydrogen) atoms. The van der Waals surface area contributed by atoms with Crippen LogP contribution in [0.3, 0.4) is 0 Å². The monoisotopic (exact) mass is 394 g/mol. The van der Waals surface area contributed by atoms with Gasteiger partial charge in [0.15, 0.2) is 0 Å². The first-order valence-electron chi connectivity index (χ1n) is 11.4. The Labute approximate surface area is 169 Å². The molecule has 7 heteroatoms. The minimum absolute atomic E-state index is 0.105. The minimum atomic E-state index is 0.105. The Morgan fingerprint density at radius 1 is 1.00 bits per heavy atom. The number of urea groups is 1. The van der Waals surface area contributed by atoms with Gasteiger partial charge in [0.2, 0.25) is 0 Å². The lowest BCUT2D eigenvalue weighted by Crippen LogP contribution is -2.60. The molecule has 3 saturated heterocycles. The second-order valence-corrected chi connectivity index (χ2v) is 9.16. The first-order chi connectivity index (χ1) is 13.7. The van der Waals surface area contributed by atoms with Crippen molar-refractivity contribution in [3.63, 3.8) is 0 Å². The van der Waals surface area contributed by atoms with E-state index in [0.29, 0.717) is 5.92 Å². The van der Waals surface area contributed by atoms with E-state index in [4.69, 9.17) is 15.2 Å². The molecule has 3 heterocycles. The number of hydrogen-bond donors (Lipinski definition) is 2. The Kier molecular flexibility index (Phi) is 6.76. The molecule has 4 rings (SSSR count). The summed E-state index contributed by atoms with van der Waals surface area (Å²) in [6.45, 7) is 6.79. The molecular weight excluding hydrogens is 356 g/mol. The van der Waals surface area contributed by atoms with Gasteiger partial charge in [0, 0.05) is 50.9 Å². The minimum Gasteiger partial charge on any atom is -0.379 e. The zero-order valence-corrected chi connectivity index (χ0v) is 17.2. The average molecular weight is 395 g/mol. The molecule has 3 N–H and O–H groups in total. The Bertz CT molecular complexity index is 512. The lowest BCUT2D eigenvalue weighted by atomic mass is 9.79. The molecule has 160 valence electrons. The van der Waals surface area contributed by atoms with Crippen molar-refractivity contribution in [1.29, 1.82) is 0 Å². The fourth-order valence-electron chi connectivity index (χ4n) is 5.75. The number of morpholine rings is 1. The van der Waals surface area contributed by atoms with Gasteiger partial charge in [-0.2, -0.15) is 0 Å².